The van der Waals surface area contributed by atoms with E-state index in [0.717, 1.165) is 76.3 Å². The summed E-state index contributed by atoms with van der Waals surface area (Å²) in [5.74, 6) is 1.79. The highest BCUT2D eigenvalue weighted by Gasteiger charge is 2.31. The summed E-state index contributed by atoms with van der Waals surface area (Å²) in [7, 11) is 1.95. The van der Waals surface area contributed by atoms with Gasteiger partial charge in [-0.2, -0.15) is 10.2 Å². The van der Waals surface area contributed by atoms with Crippen LogP contribution in [0, 0.1) is 5.92 Å². The first kappa shape index (κ1) is 22.3. The standard InChI is InChI=1S/C27H34N6O2/c1-19(34)31-11-8-26-24(17-31)27(29-33(26)12-7-20-9-13-35-18-20)32-10-3-4-22-14-21(5-6-25(22)32)23-15-28-30(2)16-23/h5-6,14-16,20H,3-4,7-13,17-18H2,1-2H3/t20-/m0/s1. The van der Waals surface area contributed by atoms with Crippen LogP contribution < -0.4 is 4.90 Å². The van der Waals surface area contributed by atoms with Gasteiger partial charge in [-0.05, 0) is 54.9 Å². The largest absolute Gasteiger partial charge is 0.381 e. The summed E-state index contributed by atoms with van der Waals surface area (Å²) in [4.78, 5) is 16.6. The van der Waals surface area contributed by atoms with Crippen molar-refractivity contribution in [2.45, 2.75) is 52.1 Å². The molecule has 0 N–H and O–H groups in total. The lowest BCUT2D eigenvalue weighted by Crippen LogP contribution is -2.35. The third-order valence-electron chi connectivity index (χ3n) is 7.82. The fraction of sp³-hybridized carbons (Fsp3) is 0.519. The molecule has 1 atom stereocenters. The maximum absolute atomic E-state index is 12.2. The van der Waals surface area contributed by atoms with E-state index in [1.165, 1.54) is 28.1 Å². The lowest BCUT2D eigenvalue weighted by Gasteiger charge is -2.32. The number of hydrogen-bond acceptors (Lipinski definition) is 5. The summed E-state index contributed by atoms with van der Waals surface area (Å²) in [5.41, 5.74) is 7.45. The molecule has 0 spiro atoms. The predicted octanol–water partition coefficient (Wildman–Crippen LogP) is 3.70. The molecule has 1 amide bonds. The molecule has 35 heavy (non-hydrogen) atoms. The quantitative estimate of drug-likeness (QED) is 0.564. The molecule has 1 fully saturated rings. The molecule has 5 heterocycles. The average molecular weight is 475 g/mol. The molecule has 0 unspecified atom stereocenters. The maximum atomic E-state index is 12.2. The number of fused-ring (bicyclic) bond motifs is 2. The van der Waals surface area contributed by atoms with Crippen LogP contribution in [-0.4, -0.2) is 56.7 Å². The number of aromatic nitrogens is 4. The molecular formula is C27H34N6O2. The van der Waals surface area contributed by atoms with Gasteiger partial charge in [0.15, 0.2) is 5.82 Å². The Kier molecular flexibility index (Phi) is 5.84. The summed E-state index contributed by atoms with van der Waals surface area (Å²) in [5, 5.41) is 9.54. The zero-order valence-electron chi connectivity index (χ0n) is 20.7. The number of amides is 1. The summed E-state index contributed by atoms with van der Waals surface area (Å²) in [6.07, 6.45) is 9.23. The van der Waals surface area contributed by atoms with Crippen molar-refractivity contribution in [2.75, 3.05) is 31.2 Å². The van der Waals surface area contributed by atoms with Crippen molar-refractivity contribution in [1.29, 1.82) is 0 Å². The van der Waals surface area contributed by atoms with Gasteiger partial charge in [0.2, 0.25) is 5.91 Å². The summed E-state index contributed by atoms with van der Waals surface area (Å²) >= 11 is 0. The zero-order chi connectivity index (χ0) is 23.9. The van der Waals surface area contributed by atoms with Gasteiger partial charge < -0.3 is 14.5 Å². The first-order valence-electron chi connectivity index (χ1n) is 12.9. The molecule has 0 radical (unpaired) electrons. The number of hydrogen-bond donors (Lipinski definition) is 0. The Morgan fingerprint density at radius 2 is 2.11 bits per heavy atom. The van der Waals surface area contributed by atoms with Crippen LogP contribution in [0.4, 0.5) is 11.5 Å². The number of aryl methyl sites for hydroxylation is 3. The highest BCUT2D eigenvalue weighted by molar-refractivity contribution is 5.76. The zero-order valence-corrected chi connectivity index (χ0v) is 20.7. The SMILES string of the molecule is CC(=O)N1CCc2c(c(N3CCCc4cc(-c5cnn(C)c5)ccc43)nn2CC[C@H]2CCOC2)C1. The Hall–Kier alpha value is -3.13. The summed E-state index contributed by atoms with van der Waals surface area (Å²) < 4.78 is 9.67. The molecule has 184 valence electrons. The van der Waals surface area contributed by atoms with Gasteiger partial charge in [0, 0.05) is 81.9 Å². The Bertz CT molecular complexity index is 1240. The second-order valence-electron chi connectivity index (χ2n) is 10.2. The fourth-order valence-corrected chi connectivity index (χ4v) is 5.83. The highest BCUT2D eigenvalue weighted by atomic mass is 16.5. The summed E-state index contributed by atoms with van der Waals surface area (Å²) in [6.45, 7) is 6.69. The number of rotatable bonds is 5. The van der Waals surface area contributed by atoms with Crippen LogP contribution in [0.2, 0.25) is 0 Å². The van der Waals surface area contributed by atoms with Gasteiger partial charge in [0.25, 0.3) is 0 Å². The molecule has 3 aliphatic rings. The smallest absolute Gasteiger partial charge is 0.219 e. The number of ether oxygens (including phenoxy) is 1. The molecule has 0 bridgehead atoms. The lowest BCUT2D eigenvalue weighted by molar-refractivity contribution is -0.129. The first-order valence-corrected chi connectivity index (χ1v) is 12.9. The molecule has 8 heteroatoms. The van der Waals surface area contributed by atoms with Crippen molar-refractivity contribution in [3.8, 4) is 11.1 Å². The molecule has 2 aromatic heterocycles. The molecule has 0 aliphatic carbocycles. The minimum atomic E-state index is 0.137. The van der Waals surface area contributed by atoms with E-state index in [1.807, 2.05) is 22.8 Å². The predicted molar refractivity (Wildman–Crippen MR) is 135 cm³/mol. The van der Waals surface area contributed by atoms with Crippen molar-refractivity contribution >= 4 is 17.4 Å². The Balaban J connectivity index is 1.35. The van der Waals surface area contributed by atoms with Crippen molar-refractivity contribution in [3.63, 3.8) is 0 Å². The number of carbonyl (C=O) groups is 1. The second-order valence-corrected chi connectivity index (χ2v) is 10.2. The number of benzene rings is 1. The minimum absolute atomic E-state index is 0.137. The molecule has 8 nitrogen and oxygen atoms in total. The molecule has 1 saturated heterocycles. The lowest BCUT2D eigenvalue weighted by atomic mass is 9.96. The van der Waals surface area contributed by atoms with Gasteiger partial charge in [0.05, 0.1) is 12.7 Å². The molecule has 3 aliphatic heterocycles. The van der Waals surface area contributed by atoms with Crippen LogP contribution in [0.1, 0.15) is 43.0 Å². The molecule has 3 aromatic rings. The van der Waals surface area contributed by atoms with E-state index in [2.05, 4.69) is 39.1 Å². The second kappa shape index (κ2) is 9.15. The molecular weight excluding hydrogens is 440 g/mol. The van der Waals surface area contributed by atoms with Gasteiger partial charge >= 0.3 is 0 Å². The van der Waals surface area contributed by atoms with Gasteiger partial charge in [0.1, 0.15) is 0 Å². The minimum Gasteiger partial charge on any atom is -0.381 e. The number of nitrogens with zero attached hydrogens (tertiary/aromatic N) is 6. The topological polar surface area (TPSA) is 68.4 Å². The summed E-state index contributed by atoms with van der Waals surface area (Å²) in [6, 6.07) is 6.74. The number of anilines is 2. The third kappa shape index (κ3) is 4.24. The van der Waals surface area contributed by atoms with E-state index in [0.29, 0.717) is 12.5 Å². The third-order valence-corrected chi connectivity index (χ3v) is 7.82. The highest BCUT2D eigenvalue weighted by Crippen LogP contribution is 2.39. The van der Waals surface area contributed by atoms with Gasteiger partial charge in [-0.15, -0.1) is 0 Å². The van der Waals surface area contributed by atoms with Crippen LogP contribution in [-0.2, 0) is 42.5 Å². The van der Waals surface area contributed by atoms with Crippen LogP contribution >= 0.6 is 0 Å². The van der Waals surface area contributed by atoms with E-state index < -0.39 is 0 Å². The Labute approximate surface area is 206 Å². The van der Waals surface area contributed by atoms with E-state index in [1.54, 1.807) is 6.92 Å². The van der Waals surface area contributed by atoms with Crippen LogP contribution in [0.25, 0.3) is 11.1 Å². The first-order chi connectivity index (χ1) is 17.1. The Morgan fingerprint density at radius 1 is 1.20 bits per heavy atom. The van der Waals surface area contributed by atoms with Crippen molar-refractivity contribution in [3.05, 3.63) is 47.4 Å². The van der Waals surface area contributed by atoms with Crippen molar-refractivity contribution < 1.29 is 9.53 Å². The van der Waals surface area contributed by atoms with E-state index in [4.69, 9.17) is 9.84 Å². The molecule has 1 aromatic carbocycles. The maximum Gasteiger partial charge on any atom is 0.219 e. The van der Waals surface area contributed by atoms with Crippen molar-refractivity contribution in [2.24, 2.45) is 13.0 Å². The monoisotopic (exact) mass is 474 g/mol. The van der Waals surface area contributed by atoms with Crippen LogP contribution in [0.15, 0.2) is 30.6 Å². The molecule has 6 rings (SSSR count). The molecule has 0 saturated carbocycles. The number of carbonyl (C=O) groups excluding carboxylic acids is 1. The van der Waals surface area contributed by atoms with Crippen LogP contribution in [0.3, 0.4) is 0 Å². The van der Waals surface area contributed by atoms with E-state index >= 15 is 0 Å². The fourth-order valence-electron chi connectivity index (χ4n) is 5.83. The van der Waals surface area contributed by atoms with E-state index in [-0.39, 0.29) is 5.91 Å². The van der Waals surface area contributed by atoms with Gasteiger partial charge in [-0.1, -0.05) is 6.07 Å². The normalized spacial score (nSPS) is 19.7. The van der Waals surface area contributed by atoms with Crippen LogP contribution in [0.5, 0.6) is 0 Å². The van der Waals surface area contributed by atoms with Gasteiger partial charge in [-0.25, -0.2) is 0 Å². The van der Waals surface area contributed by atoms with Crippen molar-refractivity contribution in [1.82, 2.24) is 24.5 Å². The van der Waals surface area contributed by atoms with Gasteiger partial charge in [-0.3, -0.25) is 14.2 Å². The average Bonchev–Trinajstić information content (AvgIpc) is 3.62. The van der Waals surface area contributed by atoms with E-state index in [9.17, 15) is 4.79 Å². The Morgan fingerprint density at radius 3 is 2.89 bits per heavy atom.